The lowest BCUT2D eigenvalue weighted by Gasteiger charge is -2.52. The van der Waals surface area contributed by atoms with Crippen LogP contribution in [0.5, 0.6) is 0 Å². The number of esters is 2. The van der Waals surface area contributed by atoms with Crippen molar-refractivity contribution >= 4 is 30.5 Å². The van der Waals surface area contributed by atoms with E-state index in [1.807, 2.05) is 0 Å². The number of ether oxygens (including phenoxy) is 3. The molecule has 0 aliphatic carbocycles. The fourth-order valence-electron chi connectivity index (χ4n) is 2.88. The number of amides is 1. The molecule has 3 unspecified atom stereocenters. The molecule has 1 amide bonds. The third-order valence-corrected chi connectivity index (χ3v) is 4.30. The summed E-state index contributed by atoms with van der Waals surface area (Å²) in [7, 11) is 1.45. The second-order valence-electron chi connectivity index (χ2n) is 6.86. The first-order valence-corrected chi connectivity index (χ1v) is 8.21. The predicted molar refractivity (Wildman–Crippen MR) is 88.3 cm³/mol. The van der Waals surface area contributed by atoms with Crippen molar-refractivity contribution in [3.05, 3.63) is 11.3 Å². The van der Waals surface area contributed by atoms with E-state index in [4.69, 9.17) is 14.2 Å². The molecule has 3 atom stereocenters. The molecule has 2 rings (SSSR count). The normalized spacial score (nSPS) is 26.7. The van der Waals surface area contributed by atoms with Crippen LogP contribution in [0.3, 0.4) is 0 Å². The molecule has 0 aromatic carbocycles. The lowest BCUT2D eigenvalue weighted by Crippen LogP contribution is -2.70. The number of rotatable bonds is 4. The zero-order valence-electron chi connectivity index (χ0n) is 14.5. The van der Waals surface area contributed by atoms with E-state index >= 15 is 0 Å². The van der Waals surface area contributed by atoms with Gasteiger partial charge in [0.1, 0.15) is 17.9 Å². The van der Waals surface area contributed by atoms with Gasteiger partial charge >= 0.3 is 11.9 Å². The van der Waals surface area contributed by atoms with Crippen LogP contribution in [0.2, 0.25) is 0 Å². The van der Waals surface area contributed by atoms with Gasteiger partial charge in [0.15, 0.2) is 6.10 Å². The van der Waals surface area contributed by atoms with Crippen molar-refractivity contribution in [3.63, 3.8) is 0 Å². The van der Waals surface area contributed by atoms with Crippen molar-refractivity contribution in [1.29, 1.82) is 0 Å². The molecule has 0 N–H and O–H groups in total. The molecule has 24 heavy (non-hydrogen) atoms. The first-order valence-electron chi connectivity index (χ1n) is 7.69. The number of thiol groups is 1. The lowest BCUT2D eigenvalue weighted by atomic mass is 9.84. The summed E-state index contributed by atoms with van der Waals surface area (Å²) in [4.78, 5) is 37.5. The molecule has 2 aliphatic heterocycles. The first kappa shape index (κ1) is 18.8. The Morgan fingerprint density at radius 1 is 1.33 bits per heavy atom. The average molecular weight is 357 g/mol. The summed E-state index contributed by atoms with van der Waals surface area (Å²) in [6.45, 7) is 6.45. The Hall–Kier alpha value is -1.54. The van der Waals surface area contributed by atoms with Crippen LogP contribution < -0.4 is 0 Å². The van der Waals surface area contributed by atoms with Crippen molar-refractivity contribution in [3.8, 4) is 0 Å². The van der Waals surface area contributed by atoms with Crippen LogP contribution in [0.4, 0.5) is 0 Å². The molecule has 2 aliphatic rings. The highest BCUT2D eigenvalue weighted by Crippen LogP contribution is 2.41. The fourth-order valence-corrected chi connectivity index (χ4v) is 3.39. The van der Waals surface area contributed by atoms with Crippen molar-refractivity contribution < 1.29 is 28.6 Å². The third-order valence-electron chi connectivity index (χ3n) is 3.81. The minimum Gasteiger partial charge on any atom is -0.461 e. The fraction of sp³-hybridized carbons (Fsp3) is 0.688. The average Bonchev–Trinajstić information content (AvgIpc) is 2.43. The van der Waals surface area contributed by atoms with Gasteiger partial charge in [-0.2, -0.15) is 12.6 Å². The van der Waals surface area contributed by atoms with Crippen molar-refractivity contribution in [2.75, 3.05) is 13.7 Å². The standard InChI is InChI=1S/C16H23NO6S/c1-8(18)22-7-9-6-10(24)12-13(21-5)14(19)17(12)11(9)15(20)23-16(2,3)4/h10,12-13,24H,6-7H2,1-5H3. The Morgan fingerprint density at radius 2 is 1.96 bits per heavy atom. The molecule has 7 nitrogen and oxygen atoms in total. The van der Waals surface area contributed by atoms with E-state index < -0.39 is 23.6 Å². The Bertz CT molecular complexity index is 594. The zero-order chi connectivity index (χ0) is 18.2. The summed E-state index contributed by atoms with van der Waals surface area (Å²) < 4.78 is 15.7. The molecule has 0 aromatic heterocycles. The summed E-state index contributed by atoms with van der Waals surface area (Å²) in [5.74, 6) is -1.39. The van der Waals surface area contributed by atoms with Gasteiger partial charge in [0.2, 0.25) is 0 Å². The van der Waals surface area contributed by atoms with Gasteiger partial charge in [-0.05, 0) is 32.8 Å². The second-order valence-corrected chi connectivity index (χ2v) is 7.52. The van der Waals surface area contributed by atoms with Crippen molar-refractivity contribution in [2.45, 2.75) is 57.1 Å². The summed E-state index contributed by atoms with van der Waals surface area (Å²) in [5.41, 5.74) is -0.0446. The van der Waals surface area contributed by atoms with Crippen molar-refractivity contribution in [2.24, 2.45) is 0 Å². The highest BCUT2D eigenvalue weighted by atomic mass is 32.1. The molecule has 0 spiro atoms. The number of hydrogen-bond acceptors (Lipinski definition) is 7. The zero-order valence-corrected chi connectivity index (χ0v) is 15.4. The number of nitrogens with zero attached hydrogens (tertiary/aromatic N) is 1. The van der Waals surface area contributed by atoms with Crippen LogP contribution >= 0.6 is 12.6 Å². The lowest BCUT2D eigenvalue weighted by molar-refractivity contribution is -0.174. The van der Waals surface area contributed by atoms with Crippen LogP contribution in [0.25, 0.3) is 0 Å². The van der Waals surface area contributed by atoms with E-state index in [9.17, 15) is 14.4 Å². The van der Waals surface area contributed by atoms with E-state index in [1.54, 1.807) is 20.8 Å². The van der Waals surface area contributed by atoms with Crippen molar-refractivity contribution in [1.82, 2.24) is 4.90 Å². The highest BCUT2D eigenvalue weighted by molar-refractivity contribution is 7.81. The largest absolute Gasteiger partial charge is 0.461 e. The molecule has 1 saturated heterocycles. The molecule has 0 aromatic rings. The molecule has 2 heterocycles. The number of carbonyl (C=O) groups excluding carboxylic acids is 3. The summed E-state index contributed by atoms with van der Waals surface area (Å²) in [6, 6.07) is -0.338. The Labute approximate surface area is 146 Å². The maximum atomic E-state index is 12.6. The predicted octanol–water partition coefficient (Wildman–Crippen LogP) is 1.07. The summed E-state index contributed by atoms with van der Waals surface area (Å²) in [5, 5.41) is -0.218. The monoisotopic (exact) mass is 357 g/mol. The maximum absolute atomic E-state index is 12.6. The van der Waals surface area contributed by atoms with Gasteiger partial charge in [-0.1, -0.05) is 0 Å². The topological polar surface area (TPSA) is 82.1 Å². The Kier molecular flexibility index (Phi) is 5.29. The SMILES string of the molecule is COC1C(=O)N2C(C(=O)OC(C)(C)C)=C(COC(C)=O)CC(S)C12. The smallest absolute Gasteiger partial charge is 0.355 e. The number of β-lactam (4-membered cyclic amide) rings is 1. The molecule has 1 fully saturated rings. The van der Waals surface area contributed by atoms with Crippen LogP contribution in [-0.4, -0.2) is 59.5 Å². The quantitative estimate of drug-likeness (QED) is 0.460. The van der Waals surface area contributed by atoms with Crippen LogP contribution in [-0.2, 0) is 28.6 Å². The van der Waals surface area contributed by atoms with Gasteiger partial charge in [-0.15, -0.1) is 0 Å². The molecule has 134 valence electrons. The summed E-state index contributed by atoms with van der Waals surface area (Å²) >= 11 is 4.52. The van der Waals surface area contributed by atoms with Gasteiger partial charge in [-0.3, -0.25) is 14.5 Å². The number of hydrogen-bond donors (Lipinski definition) is 1. The third kappa shape index (κ3) is 3.59. The highest BCUT2D eigenvalue weighted by Gasteiger charge is 2.57. The number of carbonyl (C=O) groups is 3. The minimum absolute atomic E-state index is 0.0743. The van der Waals surface area contributed by atoms with Gasteiger partial charge in [0, 0.05) is 19.3 Å². The van der Waals surface area contributed by atoms with E-state index in [0.717, 1.165) is 0 Å². The van der Waals surface area contributed by atoms with E-state index in [0.29, 0.717) is 12.0 Å². The molecule has 0 saturated carbocycles. The molecule has 0 bridgehead atoms. The molecular formula is C16H23NO6S. The van der Waals surface area contributed by atoms with E-state index in [1.165, 1.54) is 18.9 Å². The van der Waals surface area contributed by atoms with Crippen LogP contribution in [0.15, 0.2) is 11.3 Å². The number of methoxy groups -OCH3 is 1. The van der Waals surface area contributed by atoms with Crippen LogP contribution in [0.1, 0.15) is 34.1 Å². The summed E-state index contributed by atoms with van der Waals surface area (Å²) in [6.07, 6.45) is -0.223. The van der Waals surface area contributed by atoms with Crippen LogP contribution in [0, 0.1) is 0 Å². The molecule has 8 heteroatoms. The van der Waals surface area contributed by atoms with Gasteiger partial charge < -0.3 is 14.2 Å². The maximum Gasteiger partial charge on any atom is 0.355 e. The Morgan fingerprint density at radius 3 is 2.46 bits per heavy atom. The number of fused-ring (bicyclic) bond motifs is 1. The molecular weight excluding hydrogens is 334 g/mol. The molecule has 0 radical (unpaired) electrons. The van der Waals surface area contributed by atoms with Gasteiger partial charge in [0.25, 0.3) is 5.91 Å². The van der Waals surface area contributed by atoms with E-state index in [-0.39, 0.29) is 29.5 Å². The van der Waals surface area contributed by atoms with Gasteiger partial charge in [-0.25, -0.2) is 4.79 Å². The van der Waals surface area contributed by atoms with Gasteiger partial charge in [0.05, 0.1) is 6.04 Å². The minimum atomic E-state index is -0.710. The Balaban J connectivity index is 2.38. The second kappa shape index (κ2) is 6.76. The van der Waals surface area contributed by atoms with E-state index in [2.05, 4.69) is 12.6 Å². The first-order chi connectivity index (χ1) is 11.1.